The third-order valence-corrected chi connectivity index (χ3v) is 5.37. The van der Waals surface area contributed by atoms with Gasteiger partial charge in [0.15, 0.2) is 0 Å². The fourth-order valence-corrected chi connectivity index (χ4v) is 4.04. The maximum absolute atomic E-state index is 12.6. The third kappa shape index (κ3) is 4.90. The van der Waals surface area contributed by atoms with Crippen molar-refractivity contribution in [1.29, 1.82) is 0 Å². The molecule has 1 aliphatic rings. The molecule has 0 aliphatic heterocycles. The zero-order chi connectivity index (χ0) is 20.1. The summed E-state index contributed by atoms with van der Waals surface area (Å²) in [5, 5.41) is 0. The molecule has 150 valence electrons. The second-order valence-electron chi connectivity index (χ2n) is 7.79. The number of nitrogens with one attached hydrogen (secondary N) is 1. The van der Waals surface area contributed by atoms with E-state index in [1.165, 1.54) is 11.1 Å². The van der Waals surface area contributed by atoms with Gasteiger partial charge in [0.1, 0.15) is 6.73 Å². The van der Waals surface area contributed by atoms with Gasteiger partial charge in [-0.05, 0) is 51.0 Å². The fraction of sp³-hybridized carbons (Fsp3) is 0.478. The van der Waals surface area contributed by atoms with Crippen LogP contribution in [0.2, 0.25) is 0 Å². The van der Waals surface area contributed by atoms with Crippen molar-refractivity contribution >= 4 is 0 Å². The number of aromatic nitrogens is 2. The van der Waals surface area contributed by atoms with Crippen molar-refractivity contribution in [3.63, 3.8) is 0 Å². The zero-order valence-electron chi connectivity index (χ0n) is 17.1. The van der Waals surface area contributed by atoms with Crippen molar-refractivity contribution in [2.24, 2.45) is 5.92 Å². The standard InChI is InChI=1S/C23H30N2O3/c1-4-20-21(13-19-11-16(2)10-17(3)12-19)25(23(27)24-22(20)26)15-28-14-18-8-6-5-7-9-18/h5-6,10-12,18H,4,7-9,13-15H2,1-3H3,(H,24,26,27). The Kier molecular flexibility index (Phi) is 6.68. The molecule has 0 spiro atoms. The molecule has 28 heavy (non-hydrogen) atoms. The quantitative estimate of drug-likeness (QED) is 0.744. The van der Waals surface area contributed by atoms with Crippen molar-refractivity contribution < 1.29 is 4.74 Å². The molecule has 0 bridgehead atoms. The summed E-state index contributed by atoms with van der Waals surface area (Å²) in [6.07, 6.45) is 8.75. The van der Waals surface area contributed by atoms with Crippen molar-refractivity contribution in [3.05, 3.63) is 79.1 Å². The molecule has 0 radical (unpaired) electrons. The molecule has 0 saturated heterocycles. The number of nitrogens with zero attached hydrogens (tertiary/aromatic N) is 1. The first-order valence-corrected chi connectivity index (χ1v) is 10.1. The Morgan fingerprint density at radius 2 is 1.89 bits per heavy atom. The molecule has 0 amide bonds. The number of aryl methyl sites for hydroxylation is 2. The topological polar surface area (TPSA) is 64.1 Å². The Morgan fingerprint density at radius 1 is 1.14 bits per heavy atom. The molecular formula is C23H30N2O3. The van der Waals surface area contributed by atoms with E-state index in [0.29, 0.717) is 30.9 Å². The van der Waals surface area contributed by atoms with Gasteiger partial charge in [-0.15, -0.1) is 0 Å². The van der Waals surface area contributed by atoms with E-state index in [2.05, 4.69) is 49.2 Å². The van der Waals surface area contributed by atoms with E-state index >= 15 is 0 Å². The number of rotatable bonds is 7. The highest BCUT2D eigenvalue weighted by Gasteiger charge is 2.16. The van der Waals surface area contributed by atoms with Gasteiger partial charge in [0.25, 0.3) is 5.56 Å². The van der Waals surface area contributed by atoms with Crippen LogP contribution in [0, 0.1) is 19.8 Å². The fourth-order valence-electron chi connectivity index (χ4n) is 4.04. The van der Waals surface area contributed by atoms with Crippen molar-refractivity contribution in [3.8, 4) is 0 Å². The molecule has 0 fully saturated rings. The first-order valence-electron chi connectivity index (χ1n) is 10.1. The number of ether oxygens (including phenoxy) is 1. The summed E-state index contributed by atoms with van der Waals surface area (Å²) in [4.78, 5) is 27.4. The van der Waals surface area contributed by atoms with Gasteiger partial charge in [-0.25, -0.2) is 4.79 Å². The summed E-state index contributed by atoms with van der Waals surface area (Å²) in [7, 11) is 0. The number of H-pyrrole nitrogens is 1. The molecule has 2 aromatic rings. The van der Waals surface area contributed by atoms with Crippen LogP contribution < -0.4 is 11.2 Å². The Balaban J connectivity index is 1.88. The van der Waals surface area contributed by atoms with E-state index in [1.807, 2.05) is 6.92 Å². The molecule has 5 heteroatoms. The lowest BCUT2D eigenvalue weighted by atomic mass is 9.95. The molecule has 3 rings (SSSR count). The van der Waals surface area contributed by atoms with Crippen LogP contribution in [-0.2, 0) is 24.3 Å². The van der Waals surface area contributed by atoms with E-state index < -0.39 is 5.69 Å². The highest BCUT2D eigenvalue weighted by atomic mass is 16.5. The molecule has 1 unspecified atom stereocenters. The summed E-state index contributed by atoms with van der Waals surface area (Å²) in [5.74, 6) is 0.497. The maximum Gasteiger partial charge on any atom is 0.330 e. The molecule has 1 aromatic carbocycles. The van der Waals surface area contributed by atoms with Crippen molar-refractivity contribution in [2.45, 2.75) is 59.6 Å². The molecule has 1 atom stereocenters. The zero-order valence-corrected chi connectivity index (χ0v) is 17.1. The van der Waals surface area contributed by atoms with Crippen LogP contribution in [0.3, 0.4) is 0 Å². The first kappa shape index (κ1) is 20.3. The number of benzene rings is 1. The molecule has 1 heterocycles. The number of aromatic amines is 1. The monoisotopic (exact) mass is 382 g/mol. The molecule has 5 nitrogen and oxygen atoms in total. The summed E-state index contributed by atoms with van der Waals surface area (Å²) in [6, 6.07) is 6.34. The predicted molar refractivity (Wildman–Crippen MR) is 112 cm³/mol. The Morgan fingerprint density at radius 3 is 2.54 bits per heavy atom. The summed E-state index contributed by atoms with van der Waals surface area (Å²) in [5.41, 5.74) is 4.17. The molecule has 1 N–H and O–H groups in total. The molecule has 1 aliphatic carbocycles. The van der Waals surface area contributed by atoms with Crippen LogP contribution in [0.15, 0.2) is 39.9 Å². The van der Waals surface area contributed by atoms with Gasteiger partial charge in [-0.3, -0.25) is 14.3 Å². The van der Waals surface area contributed by atoms with Gasteiger partial charge in [-0.2, -0.15) is 0 Å². The Hall–Kier alpha value is -2.40. The average Bonchev–Trinajstić information content (AvgIpc) is 2.64. The van der Waals surface area contributed by atoms with Gasteiger partial charge in [0, 0.05) is 17.7 Å². The van der Waals surface area contributed by atoms with Crippen LogP contribution in [-0.4, -0.2) is 16.2 Å². The second-order valence-corrected chi connectivity index (χ2v) is 7.79. The molecule has 0 saturated carbocycles. The van der Waals surface area contributed by atoms with E-state index in [0.717, 1.165) is 30.5 Å². The van der Waals surface area contributed by atoms with Crippen LogP contribution in [0.5, 0.6) is 0 Å². The van der Waals surface area contributed by atoms with Crippen molar-refractivity contribution in [2.75, 3.05) is 6.61 Å². The largest absolute Gasteiger partial charge is 0.360 e. The van der Waals surface area contributed by atoms with Crippen LogP contribution in [0.4, 0.5) is 0 Å². The van der Waals surface area contributed by atoms with Crippen LogP contribution in [0.1, 0.15) is 54.1 Å². The van der Waals surface area contributed by atoms with Crippen molar-refractivity contribution in [1.82, 2.24) is 9.55 Å². The SMILES string of the molecule is CCc1c(Cc2cc(C)cc(C)c2)n(COCC2CC=CCC2)c(=O)[nH]c1=O. The van der Waals surface area contributed by atoms with E-state index in [1.54, 1.807) is 4.57 Å². The third-order valence-electron chi connectivity index (χ3n) is 5.37. The highest BCUT2D eigenvalue weighted by Crippen LogP contribution is 2.19. The average molecular weight is 383 g/mol. The van der Waals surface area contributed by atoms with E-state index in [4.69, 9.17) is 4.74 Å². The summed E-state index contributed by atoms with van der Waals surface area (Å²) < 4.78 is 7.51. The Labute approximate surface area is 166 Å². The van der Waals surface area contributed by atoms with Gasteiger partial charge in [0.05, 0.1) is 6.61 Å². The lowest BCUT2D eigenvalue weighted by Crippen LogP contribution is -2.36. The molecule has 1 aromatic heterocycles. The normalized spacial score (nSPS) is 16.5. The molecular weight excluding hydrogens is 352 g/mol. The second kappa shape index (κ2) is 9.20. The number of hydrogen-bond donors (Lipinski definition) is 1. The minimum atomic E-state index is -0.398. The predicted octanol–water partition coefficient (Wildman–Crippen LogP) is 3.64. The van der Waals surface area contributed by atoms with Gasteiger partial charge in [0.2, 0.25) is 0 Å². The Bertz CT molecular complexity index is 949. The first-order chi connectivity index (χ1) is 13.5. The lowest BCUT2D eigenvalue weighted by Gasteiger charge is -2.20. The van der Waals surface area contributed by atoms with Gasteiger partial charge < -0.3 is 4.74 Å². The number of allylic oxidation sites excluding steroid dienone is 2. The maximum atomic E-state index is 12.6. The minimum Gasteiger partial charge on any atom is -0.360 e. The van der Waals surface area contributed by atoms with Crippen LogP contribution >= 0.6 is 0 Å². The number of hydrogen-bond acceptors (Lipinski definition) is 3. The smallest absolute Gasteiger partial charge is 0.330 e. The minimum absolute atomic E-state index is 0.170. The highest BCUT2D eigenvalue weighted by molar-refractivity contribution is 5.33. The van der Waals surface area contributed by atoms with E-state index in [9.17, 15) is 9.59 Å². The van der Waals surface area contributed by atoms with Gasteiger partial charge >= 0.3 is 5.69 Å². The summed E-state index contributed by atoms with van der Waals surface area (Å²) >= 11 is 0. The lowest BCUT2D eigenvalue weighted by molar-refractivity contribution is 0.0433. The van der Waals surface area contributed by atoms with E-state index in [-0.39, 0.29) is 12.3 Å². The van der Waals surface area contributed by atoms with Gasteiger partial charge in [-0.1, -0.05) is 48.4 Å². The summed E-state index contributed by atoms with van der Waals surface area (Å²) in [6.45, 7) is 6.86. The van der Waals surface area contributed by atoms with Crippen LogP contribution in [0.25, 0.3) is 0 Å².